The van der Waals surface area contributed by atoms with Crippen LogP contribution in [0.5, 0.6) is 0 Å². The van der Waals surface area contributed by atoms with Crippen LogP contribution in [0.25, 0.3) is 0 Å². The molecule has 0 rings (SSSR count). The molecule has 0 aliphatic heterocycles. The molecule has 0 aliphatic rings. The van der Waals surface area contributed by atoms with E-state index in [9.17, 15) is 13.2 Å². The van der Waals surface area contributed by atoms with Crippen LogP contribution in [-0.4, -0.2) is 31.8 Å². The van der Waals surface area contributed by atoms with Gasteiger partial charge in [0.05, 0.1) is 5.75 Å². The number of carbonyl (C=O) groups is 1. The van der Waals surface area contributed by atoms with Gasteiger partial charge in [0.1, 0.15) is 6.54 Å². The highest BCUT2D eigenvalue weighted by molar-refractivity contribution is 7.89. The van der Waals surface area contributed by atoms with E-state index >= 15 is 0 Å². The number of hydrogen-bond donors (Lipinski definition) is 2. The summed E-state index contributed by atoms with van der Waals surface area (Å²) in [5.41, 5.74) is 0. The lowest BCUT2D eigenvalue weighted by molar-refractivity contribution is -0.135. The van der Waals surface area contributed by atoms with Crippen molar-refractivity contribution in [3.63, 3.8) is 0 Å². The number of sulfonamides is 1. The Morgan fingerprint density at radius 1 is 0.600 bits per heavy atom. The minimum atomic E-state index is -3.43. The molecule has 5 nitrogen and oxygen atoms in total. The SMILES string of the molecule is CCCCCCCCCCCCCCCCCCCCCCS(=O)(=O)NCC(=O)O. The molecule has 0 aromatic carbocycles. The Hall–Kier alpha value is -0.620. The van der Waals surface area contributed by atoms with Crippen LogP contribution >= 0.6 is 0 Å². The Labute approximate surface area is 186 Å². The van der Waals surface area contributed by atoms with E-state index in [0.717, 1.165) is 12.8 Å². The molecule has 0 atom stereocenters. The molecule has 0 fully saturated rings. The molecule has 0 unspecified atom stereocenters. The predicted molar refractivity (Wildman–Crippen MR) is 127 cm³/mol. The maximum atomic E-state index is 11.6. The molecule has 0 aliphatic carbocycles. The zero-order valence-electron chi connectivity index (χ0n) is 19.6. The van der Waals surface area contributed by atoms with Gasteiger partial charge in [0, 0.05) is 0 Å². The van der Waals surface area contributed by atoms with Gasteiger partial charge in [0.15, 0.2) is 0 Å². The van der Waals surface area contributed by atoms with Gasteiger partial charge in [0.25, 0.3) is 0 Å². The Balaban J connectivity index is 3.19. The number of hydrogen-bond acceptors (Lipinski definition) is 3. The summed E-state index contributed by atoms with van der Waals surface area (Å²) in [6.45, 7) is 1.75. The highest BCUT2D eigenvalue weighted by Crippen LogP contribution is 2.14. The first-order valence-corrected chi connectivity index (χ1v) is 14.3. The van der Waals surface area contributed by atoms with Gasteiger partial charge in [-0.15, -0.1) is 0 Å². The molecule has 0 saturated carbocycles. The van der Waals surface area contributed by atoms with E-state index in [1.54, 1.807) is 0 Å². The van der Waals surface area contributed by atoms with Crippen molar-refractivity contribution in [3.05, 3.63) is 0 Å². The van der Waals surface area contributed by atoms with E-state index in [0.29, 0.717) is 6.42 Å². The highest BCUT2D eigenvalue weighted by Gasteiger charge is 2.10. The lowest BCUT2D eigenvalue weighted by Crippen LogP contribution is -2.31. The van der Waals surface area contributed by atoms with Gasteiger partial charge < -0.3 is 5.11 Å². The summed E-state index contributed by atoms with van der Waals surface area (Å²) in [4.78, 5) is 10.4. The summed E-state index contributed by atoms with van der Waals surface area (Å²) >= 11 is 0. The van der Waals surface area contributed by atoms with Crippen LogP contribution in [0.2, 0.25) is 0 Å². The summed E-state index contributed by atoms with van der Waals surface area (Å²) in [5.74, 6) is -1.12. The van der Waals surface area contributed by atoms with Gasteiger partial charge >= 0.3 is 5.97 Å². The number of aliphatic carboxylic acids is 1. The quantitative estimate of drug-likeness (QED) is 0.159. The van der Waals surface area contributed by atoms with Crippen LogP contribution in [0, 0.1) is 0 Å². The molecule has 0 spiro atoms. The first kappa shape index (κ1) is 29.4. The fraction of sp³-hybridized carbons (Fsp3) is 0.958. The summed E-state index contributed by atoms with van der Waals surface area (Å²) in [5, 5.41) is 8.49. The number of nitrogens with one attached hydrogen (secondary N) is 1. The van der Waals surface area contributed by atoms with E-state index in [-0.39, 0.29) is 5.75 Å². The van der Waals surface area contributed by atoms with E-state index in [4.69, 9.17) is 5.11 Å². The van der Waals surface area contributed by atoms with Crippen LogP contribution in [0.3, 0.4) is 0 Å². The van der Waals surface area contributed by atoms with Crippen molar-refractivity contribution >= 4 is 16.0 Å². The Bertz CT molecular complexity index is 480. The molecular formula is C24H49NO4S. The minimum absolute atomic E-state index is 0.0270. The molecule has 0 saturated heterocycles. The summed E-state index contributed by atoms with van der Waals surface area (Å²) < 4.78 is 25.2. The van der Waals surface area contributed by atoms with Crippen LogP contribution in [0.1, 0.15) is 135 Å². The van der Waals surface area contributed by atoms with Crippen molar-refractivity contribution in [2.24, 2.45) is 0 Å². The second kappa shape index (κ2) is 21.6. The normalized spacial score (nSPS) is 11.8. The lowest BCUT2D eigenvalue weighted by Gasteiger charge is -2.05. The fourth-order valence-corrected chi connectivity index (χ4v) is 4.86. The third-order valence-corrected chi connectivity index (χ3v) is 7.12. The molecule has 0 aromatic rings. The maximum absolute atomic E-state index is 11.6. The van der Waals surface area contributed by atoms with Crippen LogP contribution in [0.15, 0.2) is 0 Å². The third-order valence-electron chi connectivity index (χ3n) is 5.71. The van der Waals surface area contributed by atoms with Crippen molar-refractivity contribution in [1.29, 1.82) is 0 Å². The summed E-state index contributed by atoms with van der Waals surface area (Å²) in [6, 6.07) is 0. The molecule has 0 amide bonds. The van der Waals surface area contributed by atoms with Gasteiger partial charge in [-0.3, -0.25) is 4.79 Å². The molecule has 180 valence electrons. The van der Waals surface area contributed by atoms with Crippen molar-refractivity contribution in [2.45, 2.75) is 135 Å². The molecule has 6 heteroatoms. The van der Waals surface area contributed by atoms with Gasteiger partial charge in [-0.2, -0.15) is 0 Å². The van der Waals surface area contributed by atoms with Crippen molar-refractivity contribution in [1.82, 2.24) is 4.72 Å². The molecule has 0 heterocycles. The number of rotatable bonds is 24. The second-order valence-electron chi connectivity index (χ2n) is 8.75. The van der Waals surface area contributed by atoms with Gasteiger partial charge in [-0.1, -0.05) is 129 Å². The fourth-order valence-electron chi connectivity index (χ4n) is 3.79. The molecule has 0 aromatic heterocycles. The third kappa shape index (κ3) is 23.7. The van der Waals surface area contributed by atoms with Crippen LogP contribution < -0.4 is 4.72 Å². The average Bonchev–Trinajstić information content (AvgIpc) is 2.71. The van der Waals surface area contributed by atoms with Crippen molar-refractivity contribution in [3.8, 4) is 0 Å². The Morgan fingerprint density at radius 2 is 0.900 bits per heavy atom. The first-order valence-electron chi connectivity index (χ1n) is 12.7. The standard InChI is InChI=1S/C24H49NO4S/c1-2-3-4-5-6-7-8-9-10-11-12-13-14-15-16-17-18-19-20-21-22-30(28,29)25-23-24(26)27/h25H,2-23H2,1H3,(H,26,27). The van der Waals surface area contributed by atoms with E-state index < -0.39 is 22.5 Å². The van der Waals surface area contributed by atoms with Crippen molar-refractivity contribution in [2.75, 3.05) is 12.3 Å². The summed E-state index contributed by atoms with van der Waals surface area (Å²) in [7, 11) is -3.43. The zero-order valence-corrected chi connectivity index (χ0v) is 20.5. The topological polar surface area (TPSA) is 83.5 Å². The van der Waals surface area contributed by atoms with E-state index in [2.05, 4.69) is 11.6 Å². The van der Waals surface area contributed by atoms with E-state index in [1.165, 1.54) is 109 Å². The number of carboxylic acid groups (broad SMARTS) is 1. The van der Waals surface area contributed by atoms with Gasteiger partial charge in [0.2, 0.25) is 10.0 Å². The predicted octanol–water partition coefficient (Wildman–Crippen LogP) is 6.81. The van der Waals surface area contributed by atoms with E-state index in [1.807, 2.05) is 0 Å². The molecule has 0 bridgehead atoms. The number of unbranched alkanes of at least 4 members (excludes halogenated alkanes) is 19. The minimum Gasteiger partial charge on any atom is -0.480 e. The largest absolute Gasteiger partial charge is 0.480 e. The smallest absolute Gasteiger partial charge is 0.318 e. The van der Waals surface area contributed by atoms with Crippen molar-refractivity contribution < 1.29 is 18.3 Å². The molecule has 0 radical (unpaired) electrons. The van der Waals surface area contributed by atoms with Crippen LogP contribution in [0.4, 0.5) is 0 Å². The molecule has 2 N–H and O–H groups in total. The Kier molecular flexibility index (Phi) is 21.2. The first-order chi connectivity index (χ1) is 14.5. The monoisotopic (exact) mass is 447 g/mol. The maximum Gasteiger partial charge on any atom is 0.318 e. The highest BCUT2D eigenvalue weighted by atomic mass is 32.2. The Morgan fingerprint density at radius 3 is 1.20 bits per heavy atom. The lowest BCUT2D eigenvalue weighted by atomic mass is 10.0. The number of carboxylic acids is 1. The molecule has 30 heavy (non-hydrogen) atoms. The van der Waals surface area contributed by atoms with Gasteiger partial charge in [-0.05, 0) is 6.42 Å². The average molecular weight is 448 g/mol. The molecular weight excluding hydrogens is 398 g/mol. The van der Waals surface area contributed by atoms with Gasteiger partial charge in [-0.25, -0.2) is 13.1 Å². The second-order valence-corrected chi connectivity index (χ2v) is 10.7. The summed E-state index contributed by atoms with van der Waals surface area (Å²) in [6.07, 6.45) is 25.8. The van der Waals surface area contributed by atoms with Crippen LogP contribution in [-0.2, 0) is 14.8 Å². The zero-order chi connectivity index (χ0) is 22.3.